The monoisotopic (exact) mass is 270 g/mol. The highest BCUT2D eigenvalue weighted by Crippen LogP contribution is 2.30. The van der Waals surface area contributed by atoms with Crippen molar-refractivity contribution < 1.29 is 30.3 Å². The molecule has 5 N–H and O–H groups in total. The number of aliphatic hydroxyl groups excluding tert-OH is 4. The van der Waals surface area contributed by atoms with Gasteiger partial charge >= 0.3 is 0 Å². The summed E-state index contributed by atoms with van der Waals surface area (Å²) in [6.45, 7) is -0.567. The highest BCUT2D eigenvalue weighted by atomic mass is 16.7. The van der Waals surface area contributed by atoms with E-state index in [0.29, 0.717) is 5.56 Å². The Kier molecular flexibility index (Phi) is 4.19. The summed E-state index contributed by atoms with van der Waals surface area (Å²) in [5.74, 6) is -2.05. The standard InChI is InChI=1S/C13H18O6/c14-7-9-10(15)11(16)12(17)13(18,19-9)6-8-4-2-1-3-5-8/h1-5,9-12,14-18H,6-7H2/t9-,10-,11+,12-,13+/m1/s1. The van der Waals surface area contributed by atoms with Gasteiger partial charge in [0.2, 0.25) is 0 Å². The molecule has 106 valence electrons. The maximum absolute atomic E-state index is 10.3. The van der Waals surface area contributed by atoms with Crippen LogP contribution in [0.5, 0.6) is 0 Å². The molecule has 1 aromatic carbocycles. The fourth-order valence-electron chi connectivity index (χ4n) is 2.25. The van der Waals surface area contributed by atoms with E-state index in [1.807, 2.05) is 0 Å². The first kappa shape index (κ1) is 14.4. The maximum Gasteiger partial charge on any atom is 0.199 e. The molecule has 1 aliphatic rings. The topological polar surface area (TPSA) is 110 Å². The summed E-state index contributed by atoms with van der Waals surface area (Å²) in [5.41, 5.74) is 0.698. The van der Waals surface area contributed by atoms with Gasteiger partial charge in [-0.05, 0) is 5.56 Å². The first-order chi connectivity index (χ1) is 8.98. The molecule has 1 heterocycles. The van der Waals surface area contributed by atoms with Crippen LogP contribution in [0.2, 0.25) is 0 Å². The van der Waals surface area contributed by atoms with Gasteiger partial charge in [0.15, 0.2) is 5.79 Å². The fourth-order valence-corrected chi connectivity index (χ4v) is 2.25. The number of ether oxygens (including phenoxy) is 1. The molecule has 5 atom stereocenters. The van der Waals surface area contributed by atoms with Gasteiger partial charge in [-0.3, -0.25) is 0 Å². The minimum atomic E-state index is -2.05. The van der Waals surface area contributed by atoms with Crippen molar-refractivity contribution in [3.63, 3.8) is 0 Å². The van der Waals surface area contributed by atoms with Gasteiger partial charge in [0.25, 0.3) is 0 Å². The summed E-state index contributed by atoms with van der Waals surface area (Å²) in [7, 11) is 0. The van der Waals surface area contributed by atoms with Crippen molar-refractivity contribution in [2.45, 2.75) is 36.6 Å². The minimum absolute atomic E-state index is 0.0602. The Balaban J connectivity index is 2.21. The molecule has 0 bridgehead atoms. The fraction of sp³-hybridized carbons (Fsp3) is 0.538. The van der Waals surface area contributed by atoms with Gasteiger partial charge in [0.05, 0.1) is 6.61 Å². The summed E-state index contributed by atoms with van der Waals surface area (Å²) < 4.78 is 5.17. The van der Waals surface area contributed by atoms with Crippen LogP contribution in [0.4, 0.5) is 0 Å². The Morgan fingerprint density at radius 3 is 2.26 bits per heavy atom. The molecule has 0 radical (unpaired) electrons. The van der Waals surface area contributed by atoms with E-state index in [1.165, 1.54) is 0 Å². The van der Waals surface area contributed by atoms with Crippen molar-refractivity contribution in [3.8, 4) is 0 Å². The van der Waals surface area contributed by atoms with Gasteiger partial charge in [-0.1, -0.05) is 30.3 Å². The first-order valence-electron chi connectivity index (χ1n) is 6.07. The number of hydrogen-bond acceptors (Lipinski definition) is 6. The SMILES string of the molecule is OC[C@H]1O[C@@](O)(Cc2ccccc2)[C@H](O)[C@@H](O)[C@@H]1O. The van der Waals surface area contributed by atoms with Crippen LogP contribution in [0.15, 0.2) is 30.3 Å². The third-order valence-electron chi connectivity index (χ3n) is 3.35. The Labute approximate surface area is 110 Å². The summed E-state index contributed by atoms with van der Waals surface area (Å²) >= 11 is 0. The molecule has 0 aromatic heterocycles. The van der Waals surface area contributed by atoms with Gasteiger partial charge in [-0.25, -0.2) is 0 Å². The molecule has 6 nitrogen and oxygen atoms in total. The van der Waals surface area contributed by atoms with E-state index in [0.717, 1.165) is 0 Å². The van der Waals surface area contributed by atoms with Crippen LogP contribution in [0.1, 0.15) is 5.56 Å². The molecule has 6 heteroatoms. The van der Waals surface area contributed by atoms with Gasteiger partial charge in [0, 0.05) is 6.42 Å². The normalized spacial score (nSPS) is 39.2. The number of aliphatic hydroxyl groups is 5. The number of benzene rings is 1. The van der Waals surface area contributed by atoms with Crippen molar-refractivity contribution >= 4 is 0 Å². The third-order valence-corrected chi connectivity index (χ3v) is 3.35. The molecule has 2 rings (SSSR count). The van der Waals surface area contributed by atoms with E-state index in [1.54, 1.807) is 30.3 Å². The second kappa shape index (κ2) is 5.54. The summed E-state index contributed by atoms with van der Waals surface area (Å²) in [6.07, 6.45) is -5.90. The lowest BCUT2D eigenvalue weighted by molar-refractivity contribution is -0.348. The van der Waals surface area contributed by atoms with E-state index in [4.69, 9.17) is 9.84 Å². The first-order valence-corrected chi connectivity index (χ1v) is 6.07. The zero-order chi connectivity index (χ0) is 14.0. The Morgan fingerprint density at radius 2 is 1.68 bits per heavy atom. The highest BCUT2D eigenvalue weighted by Gasteiger charge is 2.52. The molecule has 0 spiro atoms. The largest absolute Gasteiger partial charge is 0.394 e. The smallest absolute Gasteiger partial charge is 0.199 e. The molecule has 1 fully saturated rings. The van der Waals surface area contributed by atoms with Crippen molar-refractivity contribution in [2.75, 3.05) is 6.61 Å². The molecular weight excluding hydrogens is 252 g/mol. The van der Waals surface area contributed by atoms with Gasteiger partial charge in [-0.15, -0.1) is 0 Å². The molecule has 0 unspecified atom stereocenters. The Morgan fingerprint density at radius 1 is 1.05 bits per heavy atom. The van der Waals surface area contributed by atoms with Crippen LogP contribution >= 0.6 is 0 Å². The van der Waals surface area contributed by atoms with E-state index < -0.39 is 36.8 Å². The number of rotatable bonds is 3. The van der Waals surface area contributed by atoms with Crippen LogP contribution in [-0.4, -0.2) is 62.3 Å². The zero-order valence-electron chi connectivity index (χ0n) is 10.3. The van der Waals surface area contributed by atoms with Crippen molar-refractivity contribution in [3.05, 3.63) is 35.9 Å². The van der Waals surface area contributed by atoms with E-state index in [9.17, 15) is 20.4 Å². The molecule has 1 saturated heterocycles. The average Bonchev–Trinajstić information content (AvgIpc) is 2.42. The average molecular weight is 270 g/mol. The molecule has 19 heavy (non-hydrogen) atoms. The Hall–Kier alpha value is -1.02. The van der Waals surface area contributed by atoms with Crippen molar-refractivity contribution in [1.29, 1.82) is 0 Å². The highest BCUT2D eigenvalue weighted by molar-refractivity contribution is 5.17. The maximum atomic E-state index is 10.3. The molecule has 0 saturated carbocycles. The van der Waals surface area contributed by atoms with Gasteiger partial charge in [0.1, 0.15) is 24.4 Å². The van der Waals surface area contributed by atoms with Crippen LogP contribution in [0, 0.1) is 0 Å². The molecule has 0 aliphatic carbocycles. The molecule has 0 amide bonds. The van der Waals surface area contributed by atoms with Gasteiger partial charge in [-0.2, -0.15) is 0 Å². The second-order valence-corrected chi connectivity index (χ2v) is 4.77. The van der Waals surface area contributed by atoms with Gasteiger partial charge < -0.3 is 30.3 Å². The predicted molar refractivity (Wildman–Crippen MR) is 65.1 cm³/mol. The lowest BCUT2D eigenvalue weighted by atomic mass is 9.89. The Bertz CT molecular complexity index is 409. The number of hydrogen-bond donors (Lipinski definition) is 5. The molecular formula is C13H18O6. The van der Waals surface area contributed by atoms with Crippen LogP contribution in [-0.2, 0) is 11.2 Å². The van der Waals surface area contributed by atoms with E-state index >= 15 is 0 Å². The summed E-state index contributed by atoms with van der Waals surface area (Å²) in [6, 6.07) is 8.81. The van der Waals surface area contributed by atoms with Crippen molar-refractivity contribution in [2.24, 2.45) is 0 Å². The van der Waals surface area contributed by atoms with Crippen LogP contribution < -0.4 is 0 Å². The van der Waals surface area contributed by atoms with Crippen LogP contribution in [0.25, 0.3) is 0 Å². The third kappa shape index (κ3) is 2.79. The summed E-state index contributed by atoms with van der Waals surface area (Å²) in [4.78, 5) is 0. The zero-order valence-corrected chi connectivity index (χ0v) is 10.3. The lowest BCUT2D eigenvalue weighted by Crippen LogP contribution is -2.65. The second-order valence-electron chi connectivity index (χ2n) is 4.77. The quantitative estimate of drug-likeness (QED) is 0.452. The van der Waals surface area contributed by atoms with E-state index in [-0.39, 0.29) is 6.42 Å². The molecule has 1 aromatic rings. The van der Waals surface area contributed by atoms with E-state index in [2.05, 4.69) is 0 Å². The summed E-state index contributed by atoms with van der Waals surface area (Å²) in [5, 5.41) is 48.6. The lowest BCUT2D eigenvalue weighted by Gasteiger charge is -2.45. The van der Waals surface area contributed by atoms with Crippen molar-refractivity contribution in [1.82, 2.24) is 0 Å². The predicted octanol–water partition coefficient (Wildman–Crippen LogP) is -1.61. The molecule has 1 aliphatic heterocycles. The van der Waals surface area contributed by atoms with Crippen LogP contribution in [0.3, 0.4) is 0 Å². The minimum Gasteiger partial charge on any atom is -0.394 e.